The average Bonchev–Trinajstić information content (AvgIpc) is 3.06. The Morgan fingerprint density at radius 1 is 1.14 bits per heavy atom. The second-order valence-electron chi connectivity index (χ2n) is 5.30. The highest BCUT2D eigenvalue weighted by Gasteiger charge is 2.22. The van der Waals surface area contributed by atoms with Crippen molar-refractivity contribution in [3.05, 3.63) is 31.1 Å². The number of imidazole rings is 1. The van der Waals surface area contributed by atoms with Crippen LogP contribution < -0.4 is 10.2 Å². The molecule has 0 radical (unpaired) electrons. The molecule has 0 saturated carbocycles. The van der Waals surface area contributed by atoms with Gasteiger partial charge in [0.2, 0.25) is 5.95 Å². The summed E-state index contributed by atoms with van der Waals surface area (Å²) in [5, 5.41) is 3.49. The Kier molecular flexibility index (Phi) is 3.26. The SMILES string of the molecule is c1cnc(N2CCC[C@H](Nc3ncnc4nc[nH]c34)C2)nc1. The molecular weight excluding hydrogens is 280 g/mol. The van der Waals surface area contributed by atoms with Gasteiger partial charge in [-0.3, -0.25) is 0 Å². The molecule has 1 aliphatic heterocycles. The summed E-state index contributed by atoms with van der Waals surface area (Å²) in [6.45, 7) is 1.83. The van der Waals surface area contributed by atoms with Gasteiger partial charge in [0.05, 0.1) is 6.33 Å². The first kappa shape index (κ1) is 12.9. The third kappa shape index (κ3) is 2.43. The van der Waals surface area contributed by atoms with E-state index in [2.05, 4.69) is 40.1 Å². The normalized spacial score (nSPS) is 18.5. The molecule has 112 valence electrons. The smallest absolute Gasteiger partial charge is 0.225 e. The van der Waals surface area contributed by atoms with Crippen LogP contribution in [0, 0.1) is 0 Å². The molecule has 8 heteroatoms. The fraction of sp³-hybridized carbons (Fsp3) is 0.357. The lowest BCUT2D eigenvalue weighted by molar-refractivity contribution is 0.522. The quantitative estimate of drug-likeness (QED) is 0.750. The summed E-state index contributed by atoms with van der Waals surface area (Å²) in [6.07, 6.45) is 8.90. The standard InChI is InChI=1S/C14H16N8/c1-3-10(7-22(6-1)14-15-4-2-5-16-14)21-13-11-12(18-8-17-11)19-9-20-13/h2,4-5,8-10H,1,3,6-7H2,(H2,17,18,19,20,21)/t10-/m0/s1. The molecule has 0 unspecified atom stereocenters. The molecule has 0 aliphatic carbocycles. The highest BCUT2D eigenvalue weighted by molar-refractivity contribution is 5.82. The van der Waals surface area contributed by atoms with Crippen molar-refractivity contribution in [3.8, 4) is 0 Å². The van der Waals surface area contributed by atoms with E-state index >= 15 is 0 Å². The molecule has 1 aliphatic rings. The minimum absolute atomic E-state index is 0.291. The van der Waals surface area contributed by atoms with E-state index in [0.717, 1.165) is 43.2 Å². The number of piperidine rings is 1. The van der Waals surface area contributed by atoms with Crippen molar-refractivity contribution in [2.75, 3.05) is 23.3 Å². The fourth-order valence-electron chi connectivity index (χ4n) is 2.80. The topological polar surface area (TPSA) is 95.5 Å². The Morgan fingerprint density at radius 3 is 2.95 bits per heavy atom. The minimum Gasteiger partial charge on any atom is -0.364 e. The van der Waals surface area contributed by atoms with Crippen molar-refractivity contribution in [2.24, 2.45) is 0 Å². The van der Waals surface area contributed by atoms with E-state index in [0.29, 0.717) is 11.7 Å². The maximum atomic E-state index is 4.33. The molecule has 3 aromatic rings. The summed E-state index contributed by atoms with van der Waals surface area (Å²) < 4.78 is 0. The minimum atomic E-state index is 0.291. The van der Waals surface area contributed by atoms with Crippen molar-refractivity contribution in [1.29, 1.82) is 0 Å². The number of nitrogens with one attached hydrogen (secondary N) is 2. The zero-order valence-electron chi connectivity index (χ0n) is 12.0. The van der Waals surface area contributed by atoms with Gasteiger partial charge in [-0.15, -0.1) is 0 Å². The molecular formula is C14H16N8. The molecule has 4 heterocycles. The van der Waals surface area contributed by atoms with Crippen molar-refractivity contribution in [1.82, 2.24) is 29.9 Å². The van der Waals surface area contributed by atoms with Crippen LogP contribution in [0.2, 0.25) is 0 Å². The van der Waals surface area contributed by atoms with Crippen LogP contribution in [0.5, 0.6) is 0 Å². The fourth-order valence-corrected chi connectivity index (χ4v) is 2.80. The first-order valence-electron chi connectivity index (χ1n) is 7.33. The van der Waals surface area contributed by atoms with Gasteiger partial charge in [0.25, 0.3) is 0 Å². The summed E-state index contributed by atoms with van der Waals surface area (Å²) in [4.78, 5) is 26.6. The lowest BCUT2D eigenvalue weighted by Crippen LogP contribution is -2.43. The highest BCUT2D eigenvalue weighted by Crippen LogP contribution is 2.21. The van der Waals surface area contributed by atoms with E-state index in [9.17, 15) is 0 Å². The van der Waals surface area contributed by atoms with Crippen LogP contribution in [0.4, 0.5) is 11.8 Å². The van der Waals surface area contributed by atoms with Gasteiger partial charge in [0.15, 0.2) is 11.5 Å². The van der Waals surface area contributed by atoms with Crippen molar-refractivity contribution >= 4 is 22.9 Å². The summed E-state index contributed by atoms with van der Waals surface area (Å²) >= 11 is 0. The number of H-pyrrole nitrogens is 1. The van der Waals surface area contributed by atoms with E-state index in [4.69, 9.17) is 0 Å². The van der Waals surface area contributed by atoms with Gasteiger partial charge in [-0.25, -0.2) is 24.9 Å². The maximum absolute atomic E-state index is 4.33. The molecule has 0 aromatic carbocycles. The van der Waals surface area contributed by atoms with Crippen molar-refractivity contribution in [2.45, 2.75) is 18.9 Å². The van der Waals surface area contributed by atoms with E-state index in [1.807, 2.05) is 6.07 Å². The van der Waals surface area contributed by atoms with Crippen LogP contribution in [0.3, 0.4) is 0 Å². The largest absolute Gasteiger partial charge is 0.364 e. The predicted octanol–water partition coefficient (Wildman–Crippen LogP) is 1.22. The maximum Gasteiger partial charge on any atom is 0.225 e. The molecule has 3 aromatic heterocycles. The summed E-state index contributed by atoms with van der Waals surface area (Å²) in [5.41, 5.74) is 1.52. The molecule has 0 spiro atoms. The number of aromatic amines is 1. The molecule has 4 rings (SSSR count). The highest BCUT2D eigenvalue weighted by atomic mass is 15.3. The van der Waals surface area contributed by atoms with Crippen LogP contribution in [0.25, 0.3) is 11.2 Å². The van der Waals surface area contributed by atoms with Gasteiger partial charge in [0, 0.05) is 31.5 Å². The Balaban J connectivity index is 1.52. The Bertz CT molecular complexity index is 756. The molecule has 1 fully saturated rings. The van der Waals surface area contributed by atoms with Crippen molar-refractivity contribution < 1.29 is 0 Å². The van der Waals surface area contributed by atoms with Gasteiger partial charge in [0.1, 0.15) is 11.8 Å². The molecule has 2 N–H and O–H groups in total. The van der Waals surface area contributed by atoms with Gasteiger partial charge in [-0.2, -0.15) is 0 Å². The van der Waals surface area contributed by atoms with Gasteiger partial charge < -0.3 is 15.2 Å². The average molecular weight is 296 g/mol. The lowest BCUT2D eigenvalue weighted by atomic mass is 10.1. The summed E-state index contributed by atoms with van der Waals surface area (Å²) in [6, 6.07) is 2.12. The number of anilines is 2. The molecule has 0 bridgehead atoms. The Labute approximate surface area is 127 Å². The number of hydrogen-bond acceptors (Lipinski definition) is 7. The Hall–Kier alpha value is -2.77. The molecule has 8 nitrogen and oxygen atoms in total. The molecule has 1 atom stereocenters. The monoisotopic (exact) mass is 296 g/mol. The summed E-state index contributed by atoms with van der Waals surface area (Å²) in [7, 11) is 0. The van der Waals surface area contributed by atoms with Crippen LogP contribution in [0.15, 0.2) is 31.1 Å². The van der Waals surface area contributed by atoms with Crippen LogP contribution in [0.1, 0.15) is 12.8 Å². The zero-order chi connectivity index (χ0) is 14.8. The predicted molar refractivity (Wildman–Crippen MR) is 82.6 cm³/mol. The number of nitrogens with zero attached hydrogens (tertiary/aromatic N) is 6. The van der Waals surface area contributed by atoms with Crippen molar-refractivity contribution in [3.63, 3.8) is 0 Å². The number of rotatable bonds is 3. The van der Waals surface area contributed by atoms with Gasteiger partial charge in [-0.1, -0.05) is 0 Å². The number of aromatic nitrogens is 6. The molecule has 0 amide bonds. The number of fused-ring (bicyclic) bond motifs is 1. The Morgan fingerprint density at radius 2 is 2.05 bits per heavy atom. The van der Waals surface area contributed by atoms with E-state index in [1.165, 1.54) is 6.33 Å². The summed E-state index contributed by atoms with van der Waals surface area (Å²) in [5.74, 6) is 1.58. The van der Waals surface area contributed by atoms with Gasteiger partial charge >= 0.3 is 0 Å². The van der Waals surface area contributed by atoms with E-state index in [-0.39, 0.29) is 0 Å². The van der Waals surface area contributed by atoms with Gasteiger partial charge in [-0.05, 0) is 18.9 Å². The third-order valence-electron chi connectivity index (χ3n) is 3.82. The molecule has 22 heavy (non-hydrogen) atoms. The lowest BCUT2D eigenvalue weighted by Gasteiger charge is -2.33. The third-order valence-corrected chi connectivity index (χ3v) is 3.82. The van der Waals surface area contributed by atoms with Crippen LogP contribution in [-0.2, 0) is 0 Å². The second kappa shape index (κ2) is 5.55. The van der Waals surface area contributed by atoms with E-state index in [1.54, 1.807) is 18.7 Å². The first-order chi connectivity index (χ1) is 10.9. The molecule has 1 saturated heterocycles. The van der Waals surface area contributed by atoms with Crippen LogP contribution >= 0.6 is 0 Å². The first-order valence-corrected chi connectivity index (χ1v) is 7.33. The number of hydrogen-bond donors (Lipinski definition) is 2. The zero-order valence-corrected chi connectivity index (χ0v) is 12.0. The van der Waals surface area contributed by atoms with Crippen LogP contribution in [-0.4, -0.2) is 49.0 Å². The van der Waals surface area contributed by atoms with E-state index < -0.39 is 0 Å². The second-order valence-corrected chi connectivity index (χ2v) is 5.30.